The molecule has 10 heteroatoms. The number of carbonyl (C=O) groups is 1. The third-order valence-corrected chi connectivity index (χ3v) is 5.63. The molecule has 0 atom stereocenters. The van der Waals surface area contributed by atoms with Crippen molar-refractivity contribution in [3.8, 4) is 11.8 Å². The molecule has 0 aliphatic carbocycles. The minimum absolute atomic E-state index is 0.0880. The molecule has 1 N–H and O–H groups in total. The van der Waals surface area contributed by atoms with Crippen LogP contribution in [0.2, 0.25) is 10.0 Å². The highest BCUT2D eigenvalue weighted by atomic mass is 35.5. The summed E-state index contributed by atoms with van der Waals surface area (Å²) in [6.07, 6.45) is 5.88. The summed E-state index contributed by atoms with van der Waals surface area (Å²) in [5.41, 5.74) is 1.25. The van der Waals surface area contributed by atoms with E-state index in [1.807, 2.05) is 32.2 Å². The number of ketones is 1. The van der Waals surface area contributed by atoms with Crippen LogP contribution in [0.5, 0.6) is 11.8 Å². The Morgan fingerprint density at radius 3 is 2.33 bits per heavy atom. The number of aromatic nitrogens is 2. The number of rotatable bonds is 12. The summed E-state index contributed by atoms with van der Waals surface area (Å²) in [7, 11) is 0. The van der Waals surface area contributed by atoms with Crippen LogP contribution in [0.15, 0.2) is 24.5 Å². The van der Waals surface area contributed by atoms with Crippen LogP contribution in [-0.2, 0) is 10.2 Å². The highest BCUT2D eigenvalue weighted by Crippen LogP contribution is 2.40. The average Bonchev–Trinajstić information content (AvgIpc) is 2.72. The van der Waals surface area contributed by atoms with Gasteiger partial charge in [-0.15, -0.1) is 11.6 Å². The molecule has 0 saturated carbocycles. The number of nitrogens with one attached hydrogen (secondary N) is 1. The third-order valence-electron chi connectivity index (χ3n) is 4.37. The molecule has 0 amide bonds. The van der Waals surface area contributed by atoms with Crippen LogP contribution in [0.3, 0.4) is 0 Å². The number of carbonyl (C=O) groups excluding carboxylic acids is 1. The smallest absolute Gasteiger partial charge is 0.316 e. The summed E-state index contributed by atoms with van der Waals surface area (Å²) < 4.78 is 13.9. The normalized spacial score (nSPS) is 11.4. The predicted octanol–water partition coefficient (Wildman–Crippen LogP) is 4.93. The second kappa shape index (κ2) is 12.0. The maximum atomic E-state index is 11.7. The summed E-state index contributed by atoms with van der Waals surface area (Å²) in [5.74, 6) is 0.863. The number of alkyl halides is 1. The zero-order chi connectivity index (χ0) is 22.1. The van der Waals surface area contributed by atoms with Crippen LogP contribution in [0, 0.1) is 0 Å². The van der Waals surface area contributed by atoms with Crippen molar-refractivity contribution in [1.82, 2.24) is 14.7 Å². The second-order valence-corrected chi connectivity index (χ2v) is 8.78. The molecule has 30 heavy (non-hydrogen) atoms. The molecule has 2 rings (SSSR count). The molecule has 164 valence electrons. The van der Waals surface area contributed by atoms with Gasteiger partial charge in [0.2, 0.25) is 0 Å². The van der Waals surface area contributed by atoms with Crippen LogP contribution >= 0.6 is 46.8 Å². The topological polar surface area (TPSA) is 73.3 Å². The standard InChI is InChI=1S/C20H24Cl3N3O3S/c1-20(2,13-7-16(22)18(17(23)8-13)28-6-4-5-21)14-9-24-19(25-10-14)29-12-15(27)11-26-30-3/h7-10,26H,4-6,11-12H2,1-3H3. The monoisotopic (exact) mass is 491 g/mol. The Morgan fingerprint density at radius 2 is 1.77 bits per heavy atom. The molecule has 2 aromatic rings. The first-order valence-electron chi connectivity index (χ1n) is 9.20. The van der Waals surface area contributed by atoms with E-state index in [0.717, 1.165) is 11.1 Å². The summed E-state index contributed by atoms with van der Waals surface area (Å²) in [6.45, 7) is 4.60. The van der Waals surface area contributed by atoms with Gasteiger partial charge in [-0.3, -0.25) is 9.52 Å². The van der Waals surface area contributed by atoms with Gasteiger partial charge in [-0.1, -0.05) is 49.0 Å². The van der Waals surface area contributed by atoms with Gasteiger partial charge in [0, 0.05) is 23.7 Å². The number of benzene rings is 1. The SMILES string of the molecule is CSNCC(=O)COc1ncc(C(C)(C)c2cc(Cl)c(OCCCCl)c(Cl)c2)cn1. The van der Waals surface area contributed by atoms with E-state index in [-0.39, 0.29) is 24.9 Å². The quantitative estimate of drug-likeness (QED) is 0.256. The van der Waals surface area contributed by atoms with Crippen molar-refractivity contribution in [2.24, 2.45) is 0 Å². The fourth-order valence-electron chi connectivity index (χ4n) is 2.52. The maximum absolute atomic E-state index is 11.7. The molecular formula is C20H24Cl3N3O3S. The lowest BCUT2D eigenvalue weighted by atomic mass is 9.79. The molecule has 0 radical (unpaired) electrons. The van der Waals surface area contributed by atoms with Crippen LogP contribution in [0.1, 0.15) is 31.4 Å². The zero-order valence-corrected chi connectivity index (χ0v) is 20.1. The van der Waals surface area contributed by atoms with Crippen molar-refractivity contribution >= 4 is 52.5 Å². The van der Waals surface area contributed by atoms with Gasteiger partial charge in [0.1, 0.15) is 0 Å². The number of ether oxygens (including phenoxy) is 2. The number of Topliss-reactive ketones (excluding diaryl/α,β-unsaturated/α-hetero) is 1. The van der Waals surface area contributed by atoms with E-state index >= 15 is 0 Å². The Hall–Kier alpha value is -1.25. The Bertz CT molecular complexity index is 828. The van der Waals surface area contributed by atoms with Crippen molar-refractivity contribution in [3.05, 3.63) is 45.7 Å². The molecule has 0 aliphatic heterocycles. The molecule has 0 aliphatic rings. The molecule has 0 unspecified atom stereocenters. The van der Waals surface area contributed by atoms with Gasteiger partial charge in [0.25, 0.3) is 0 Å². The third kappa shape index (κ3) is 6.89. The van der Waals surface area contributed by atoms with Crippen LogP contribution < -0.4 is 14.2 Å². The molecule has 6 nitrogen and oxygen atoms in total. The molecule has 0 bridgehead atoms. The zero-order valence-electron chi connectivity index (χ0n) is 17.0. The van der Waals surface area contributed by atoms with Gasteiger partial charge < -0.3 is 9.47 Å². The average molecular weight is 493 g/mol. The first-order chi connectivity index (χ1) is 14.3. The molecule has 0 saturated heterocycles. The lowest BCUT2D eigenvalue weighted by Gasteiger charge is -2.26. The van der Waals surface area contributed by atoms with Crippen molar-refractivity contribution in [1.29, 1.82) is 0 Å². The highest BCUT2D eigenvalue weighted by molar-refractivity contribution is 7.96. The minimum Gasteiger partial charge on any atom is -0.490 e. The van der Waals surface area contributed by atoms with Gasteiger partial charge in [-0.25, -0.2) is 9.97 Å². The Kier molecular flexibility index (Phi) is 9.97. The Labute approximate surface area is 196 Å². The summed E-state index contributed by atoms with van der Waals surface area (Å²) >= 11 is 19.9. The number of halogens is 3. The van der Waals surface area contributed by atoms with Crippen LogP contribution in [-0.4, -0.2) is 47.6 Å². The van der Waals surface area contributed by atoms with E-state index in [1.165, 1.54) is 11.9 Å². The van der Waals surface area contributed by atoms with Crippen molar-refractivity contribution < 1.29 is 14.3 Å². The molecule has 0 fully saturated rings. The van der Waals surface area contributed by atoms with Crippen LogP contribution in [0.4, 0.5) is 0 Å². The van der Waals surface area contributed by atoms with Crippen molar-refractivity contribution in [2.75, 3.05) is 31.9 Å². The highest BCUT2D eigenvalue weighted by Gasteiger charge is 2.26. The first kappa shape index (κ1) is 25.0. The Morgan fingerprint density at radius 1 is 1.13 bits per heavy atom. The molecular weight excluding hydrogens is 469 g/mol. The Balaban J connectivity index is 2.12. The van der Waals surface area contributed by atoms with E-state index in [9.17, 15) is 4.79 Å². The molecule has 0 spiro atoms. The van der Waals surface area contributed by atoms with E-state index in [2.05, 4.69) is 14.7 Å². The van der Waals surface area contributed by atoms with Gasteiger partial charge in [0.05, 0.1) is 23.2 Å². The summed E-state index contributed by atoms with van der Waals surface area (Å²) in [4.78, 5) is 20.1. The second-order valence-electron chi connectivity index (χ2n) is 6.89. The fraction of sp³-hybridized carbons (Fsp3) is 0.450. The largest absolute Gasteiger partial charge is 0.490 e. The molecule has 1 aromatic carbocycles. The number of hydrogen-bond donors (Lipinski definition) is 1. The minimum atomic E-state index is -0.474. The summed E-state index contributed by atoms with van der Waals surface area (Å²) in [6, 6.07) is 3.79. The molecule has 1 aromatic heterocycles. The maximum Gasteiger partial charge on any atom is 0.316 e. The fourth-order valence-corrected chi connectivity index (χ4v) is 3.53. The van der Waals surface area contributed by atoms with Gasteiger partial charge >= 0.3 is 6.01 Å². The van der Waals surface area contributed by atoms with E-state index < -0.39 is 5.41 Å². The molecule has 1 heterocycles. The summed E-state index contributed by atoms with van der Waals surface area (Å²) in [5, 5.41) is 0.858. The number of nitrogens with zero attached hydrogens (tertiary/aromatic N) is 2. The van der Waals surface area contributed by atoms with Crippen LogP contribution in [0.25, 0.3) is 0 Å². The number of hydrogen-bond acceptors (Lipinski definition) is 7. The van der Waals surface area contributed by atoms with Crippen molar-refractivity contribution in [2.45, 2.75) is 25.7 Å². The van der Waals surface area contributed by atoms with E-state index in [0.29, 0.717) is 34.7 Å². The first-order valence-corrected chi connectivity index (χ1v) is 11.7. The van der Waals surface area contributed by atoms with Gasteiger partial charge in [-0.05, 0) is 35.9 Å². The predicted molar refractivity (Wildman–Crippen MR) is 123 cm³/mol. The van der Waals surface area contributed by atoms with E-state index in [1.54, 1.807) is 12.4 Å². The van der Waals surface area contributed by atoms with Gasteiger partial charge in [0.15, 0.2) is 18.1 Å². The lowest BCUT2D eigenvalue weighted by molar-refractivity contribution is -0.120. The lowest BCUT2D eigenvalue weighted by Crippen LogP contribution is -2.23. The van der Waals surface area contributed by atoms with Gasteiger partial charge in [-0.2, -0.15) is 0 Å². The van der Waals surface area contributed by atoms with E-state index in [4.69, 9.17) is 44.3 Å². The van der Waals surface area contributed by atoms with Crippen molar-refractivity contribution in [3.63, 3.8) is 0 Å².